The molecule has 1 amide bonds. The first-order valence-corrected chi connectivity index (χ1v) is 8.05. The van der Waals surface area contributed by atoms with E-state index in [2.05, 4.69) is 16.3 Å². The minimum atomic E-state index is -0.242. The highest BCUT2D eigenvalue weighted by molar-refractivity contribution is 5.82. The van der Waals surface area contributed by atoms with E-state index in [0.29, 0.717) is 19.3 Å². The summed E-state index contributed by atoms with van der Waals surface area (Å²) >= 11 is 0. The molecule has 5 heteroatoms. The molecule has 0 bridgehead atoms. The van der Waals surface area contributed by atoms with E-state index in [1.165, 1.54) is 0 Å². The van der Waals surface area contributed by atoms with Crippen molar-refractivity contribution in [2.45, 2.75) is 58.0 Å². The van der Waals surface area contributed by atoms with Gasteiger partial charge in [-0.1, -0.05) is 6.42 Å². The highest BCUT2D eigenvalue weighted by atomic mass is 16.5. The lowest BCUT2D eigenvalue weighted by atomic mass is 9.89. The summed E-state index contributed by atoms with van der Waals surface area (Å²) in [6, 6.07) is 2.60. The van der Waals surface area contributed by atoms with E-state index < -0.39 is 0 Å². The van der Waals surface area contributed by atoms with Crippen LogP contribution in [0.2, 0.25) is 0 Å². The summed E-state index contributed by atoms with van der Waals surface area (Å²) in [6.07, 6.45) is 5.19. The van der Waals surface area contributed by atoms with Crippen molar-refractivity contribution in [1.82, 2.24) is 10.2 Å². The van der Waals surface area contributed by atoms with Crippen LogP contribution in [0.5, 0.6) is 0 Å². The Balaban J connectivity index is 1.73. The Morgan fingerprint density at radius 1 is 1.43 bits per heavy atom. The fraction of sp³-hybridized carbons (Fsp3) is 0.875. The number of nitriles is 1. The molecule has 1 N–H and O–H groups in total. The topological polar surface area (TPSA) is 65.4 Å². The quantitative estimate of drug-likeness (QED) is 0.725. The molecule has 5 nitrogen and oxygen atoms in total. The first-order chi connectivity index (χ1) is 10.0. The Bertz CT molecular complexity index is 399. The first-order valence-electron chi connectivity index (χ1n) is 8.05. The van der Waals surface area contributed by atoms with Crippen LogP contribution in [-0.2, 0) is 9.53 Å². The molecule has 1 heterocycles. The molecule has 21 heavy (non-hydrogen) atoms. The lowest BCUT2D eigenvalue weighted by Crippen LogP contribution is -2.54. The molecule has 1 aliphatic carbocycles. The van der Waals surface area contributed by atoms with E-state index in [1.807, 2.05) is 13.8 Å². The van der Waals surface area contributed by atoms with Gasteiger partial charge < -0.3 is 10.1 Å². The average Bonchev–Trinajstić information content (AvgIpc) is 3.28. The largest absolute Gasteiger partial charge is 0.378 e. The second-order valence-corrected chi connectivity index (χ2v) is 6.86. The van der Waals surface area contributed by atoms with Crippen LogP contribution in [0.1, 0.15) is 46.0 Å². The van der Waals surface area contributed by atoms with Gasteiger partial charge in [-0.15, -0.1) is 0 Å². The van der Waals surface area contributed by atoms with Gasteiger partial charge in [0.2, 0.25) is 5.91 Å². The third-order valence-corrected chi connectivity index (χ3v) is 4.27. The molecule has 0 radical (unpaired) electrons. The maximum atomic E-state index is 12.2. The number of hydrogen-bond acceptors (Lipinski definition) is 4. The Hall–Kier alpha value is -1.12. The highest BCUT2D eigenvalue weighted by Gasteiger charge is 2.32. The minimum absolute atomic E-state index is 0.120. The van der Waals surface area contributed by atoms with Crippen LogP contribution < -0.4 is 5.32 Å². The Morgan fingerprint density at radius 3 is 2.86 bits per heavy atom. The van der Waals surface area contributed by atoms with Gasteiger partial charge in [0, 0.05) is 12.6 Å². The zero-order valence-corrected chi connectivity index (χ0v) is 13.2. The third-order valence-electron chi connectivity index (χ3n) is 4.27. The molecule has 2 rings (SSSR count). The normalized spacial score (nSPS) is 23.6. The van der Waals surface area contributed by atoms with Crippen molar-refractivity contribution in [3.63, 3.8) is 0 Å². The second-order valence-electron chi connectivity index (χ2n) is 6.86. The van der Waals surface area contributed by atoms with E-state index in [9.17, 15) is 4.79 Å². The van der Waals surface area contributed by atoms with Crippen LogP contribution in [0.3, 0.4) is 0 Å². The number of amides is 1. The number of carbonyl (C=O) groups is 1. The lowest BCUT2D eigenvalue weighted by Gasteiger charge is -2.34. The molecule has 0 aromatic heterocycles. The van der Waals surface area contributed by atoms with Crippen molar-refractivity contribution in [1.29, 1.82) is 5.26 Å². The van der Waals surface area contributed by atoms with Crippen molar-refractivity contribution < 1.29 is 9.53 Å². The number of ether oxygens (including phenoxy) is 1. The molecular formula is C16H27N3O2. The van der Waals surface area contributed by atoms with Gasteiger partial charge in [-0.2, -0.15) is 5.26 Å². The molecule has 0 aromatic rings. The molecule has 118 valence electrons. The zero-order chi connectivity index (χ0) is 15.3. The molecule has 1 aliphatic heterocycles. The van der Waals surface area contributed by atoms with Gasteiger partial charge in [0.05, 0.1) is 24.7 Å². The summed E-state index contributed by atoms with van der Waals surface area (Å²) in [7, 11) is 0. The molecule has 1 unspecified atom stereocenters. The summed E-state index contributed by atoms with van der Waals surface area (Å²) in [5.41, 5.74) is -0.242. The smallest absolute Gasteiger partial charge is 0.239 e. The summed E-state index contributed by atoms with van der Waals surface area (Å²) < 4.78 is 5.47. The van der Waals surface area contributed by atoms with E-state index in [0.717, 1.165) is 45.2 Å². The van der Waals surface area contributed by atoms with E-state index in [4.69, 9.17) is 10.00 Å². The van der Waals surface area contributed by atoms with Crippen LogP contribution in [0.25, 0.3) is 0 Å². The number of morpholine rings is 1. The molecule has 1 saturated carbocycles. The number of nitrogens with one attached hydrogen (secondary N) is 1. The van der Waals surface area contributed by atoms with Gasteiger partial charge in [-0.3, -0.25) is 9.69 Å². The van der Waals surface area contributed by atoms with Gasteiger partial charge in [-0.05, 0) is 46.1 Å². The van der Waals surface area contributed by atoms with Crippen LogP contribution in [0.15, 0.2) is 0 Å². The van der Waals surface area contributed by atoms with Crippen molar-refractivity contribution in [3.8, 4) is 6.07 Å². The SMILES string of the molecule is CC(C)(C#N)CCCCN1CCOCC1C(=O)NC1CC1. The summed E-state index contributed by atoms with van der Waals surface area (Å²) in [4.78, 5) is 14.5. The van der Waals surface area contributed by atoms with E-state index >= 15 is 0 Å². The van der Waals surface area contributed by atoms with Crippen molar-refractivity contribution in [2.24, 2.45) is 5.41 Å². The molecule has 1 saturated heterocycles. The minimum Gasteiger partial charge on any atom is -0.378 e. The maximum Gasteiger partial charge on any atom is 0.239 e. The van der Waals surface area contributed by atoms with E-state index in [-0.39, 0.29) is 17.4 Å². The molecule has 0 spiro atoms. The van der Waals surface area contributed by atoms with Crippen molar-refractivity contribution in [2.75, 3.05) is 26.3 Å². The van der Waals surface area contributed by atoms with Gasteiger partial charge in [0.15, 0.2) is 0 Å². The standard InChI is InChI=1S/C16H27N3O2/c1-16(2,12-17)7-3-4-8-19-9-10-21-11-14(19)15(20)18-13-5-6-13/h13-14H,3-11H2,1-2H3,(H,18,20). The Labute approximate surface area is 127 Å². The molecule has 2 fully saturated rings. The second kappa shape index (κ2) is 7.24. The predicted octanol–water partition coefficient (Wildman–Crippen LogP) is 1.69. The Morgan fingerprint density at radius 2 is 2.19 bits per heavy atom. The van der Waals surface area contributed by atoms with E-state index in [1.54, 1.807) is 0 Å². The summed E-state index contributed by atoms with van der Waals surface area (Å²) in [5, 5.41) is 12.1. The maximum absolute atomic E-state index is 12.2. The van der Waals surface area contributed by atoms with Gasteiger partial charge in [-0.25, -0.2) is 0 Å². The van der Waals surface area contributed by atoms with Gasteiger partial charge in [0.25, 0.3) is 0 Å². The van der Waals surface area contributed by atoms with Crippen LogP contribution in [0, 0.1) is 16.7 Å². The summed E-state index contributed by atoms with van der Waals surface area (Å²) in [6.45, 7) is 6.90. The first kappa shape index (κ1) is 16.3. The van der Waals surface area contributed by atoms with Crippen molar-refractivity contribution >= 4 is 5.91 Å². The number of carbonyl (C=O) groups excluding carboxylic acids is 1. The molecule has 1 atom stereocenters. The molecular weight excluding hydrogens is 266 g/mol. The number of nitrogens with zero attached hydrogens (tertiary/aromatic N) is 2. The molecule has 0 aromatic carbocycles. The predicted molar refractivity (Wildman–Crippen MR) is 80.6 cm³/mol. The Kier molecular flexibility index (Phi) is 5.60. The number of hydrogen-bond donors (Lipinski definition) is 1. The van der Waals surface area contributed by atoms with Gasteiger partial charge in [0.1, 0.15) is 6.04 Å². The van der Waals surface area contributed by atoms with Crippen molar-refractivity contribution in [3.05, 3.63) is 0 Å². The van der Waals surface area contributed by atoms with Crippen LogP contribution >= 0.6 is 0 Å². The van der Waals surface area contributed by atoms with Crippen LogP contribution in [0.4, 0.5) is 0 Å². The third kappa shape index (κ3) is 5.29. The zero-order valence-electron chi connectivity index (χ0n) is 13.2. The monoisotopic (exact) mass is 293 g/mol. The van der Waals surface area contributed by atoms with Gasteiger partial charge >= 0.3 is 0 Å². The fourth-order valence-electron chi connectivity index (χ4n) is 2.61. The fourth-order valence-corrected chi connectivity index (χ4v) is 2.61. The molecule has 2 aliphatic rings. The highest BCUT2D eigenvalue weighted by Crippen LogP contribution is 2.22. The summed E-state index contributed by atoms with van der Waals surface area (Å²) in [5.74, 6) is 0.120. The average molecular weight is 293 g/mol. The number of unbranched alkanes of at least 4 members (excludes halogenated alkanes) is 1. The number of rotatable bonds is 7. The van der Waals surface area contributed by atoms with Crippen LogP contribution in [-0.4, -0.2) is 49.2 Å². The lowest BCUT2D eigenvalue weighted by molar-refractivity contribution is -0.132.